The van der Waals surface area contributed by atoms with Gasteiger partial charge in [0.2, 0.25) is 0 Å². The van der Waals surface area contributed by atoms with Crippen LogP contribution in [0.5, 0.6) is 0 Å². The summed E-state index contributed by atoms with van der Waals surface area (Å²) in [6.07, 6.45) is 68.3. The first-order valence-electron chi connectivity index (χ1n) is 30.3. The fraction of sp³-hybridized carbons (Fsp3) is 0.887. The SMILES string of the molecule is CCCCCCC/C=C\C/C=C\CCCCCCCCCCCCCCCCCCCCCCCCCC(=O)OCC(COC(=O)CCCCCCC)OC(=O)CCCCCCCCCCCC. The van der Waals surface area contributed by atoms with Crippen molar-refractivity contribution in [2.45, 2.75) is 341 Å². The van der Waals surface area contributed by atoms with Crippen LogP contribution in [0.15, 0.2) is 24.3 Å². The molecule has 400 valence electrons. The Hall–Kier alpha value is -2.11. The molecule has 0 heterocycles. The zero-order chi connectivity index (χ0) is 49.3. The first kappa shape index (κ1) is 65.9. The summed E-state index contributed by atoms with van der Waals surface area (Å²) in [6, 6.07) is 0. The van der Waals surface area contributed by atoms with Crippen LogP contribution in [0.2, 0.25) is 0 Å². The number of unbranched alkanes of at least 4 members (excludes halogenated alkanes) is 41. The number of rotatable bonds is 56. The number of carbonyl (C=O) groups is 3. The van der Waals surface area contributed by atoms with Crippen molar-refractivity contribution in [2.24, 2.45) is 0 Å². The topological polar surface area (TPSA) is 78.9 Å². The molecule has 0 amide bonds. The molecule has 0 aliphatic carbocycles. The molecule has 1 unspecified atom stereocenters. The van der Waals surface area contributed by atoms with Crippen LogP contribution in [0, 0.1) is 0 Å². The van der Waals surface area contributed by atoms with E-state index in [-0.39, 0.29) is 31.1 Å². The Balaban J connectivity index is 3.77. The van der Waals surface area contributed by atoms with Crippen LogP contribution in [0.3, 0.4) is 0 Å². The number of allylic oxidation sites excluding steroid dienone is 4. The number of hydrogen-bond acceptors (Lipinski definition) is 6. The maximum atomic E-state index is 12.7. The van der Waals surface area contributed by atoms with Gasteiger partial charge in [-0.05, 0) is 51.4 Å². The Bertz CT molecular complexity index is 1100. The van der Waals surface area contributed by atoms with Crippen LogP contribution >= 0.6 is 0 Å². The molecule has 0 fully saturated rings. The summed E-state index contributed by atoms with van der Waals surface area (Å²) in [4.78, 5) is 37.6. The second kappa shape index (κ2) is 57.5. The molecule has 68 heavy (non-hydrogen) atoms. The molecule has 0 aromatic heterocycles. The van der Waals surface area contributed by atoms with Gasteiger partial charge in [-0.1, -0.05) is 289 Å². The minimum atomic E-state index is -0.760. The van der Waals surface area contributed by atoms with Crippen LogP contribution in [0.4, 0.5) is 0 Å². The molecule has 0 aliphatic rings. The third kappa shape index (κ3) is 54.8. The number of hydrogen-bond donors (Lipinski definition) is 0. The predicted octanol–water partition coefficient (Wildman–Crippen LogP) is 20.3. The lowest BCUT2D eigenvalue weighted by Gasteiger charge is -2.18. The van der Waals surface area contributed by atoms with Gasteiger partial charge in [-0.3, -0.25) is 14.4 Å². The summed E-state index contributed by atoms with van der Waals surface area (Å²) < 4.78 is 16.7. The van der Waals surface area contributed by atoms with Crippen molar-refractivity contribution in [2.75, 3.05) is 13.2 Å². The first-order valence-corrected chi connectivity index (χ1v) is 30.3. The third-order valence-electron chi connectivity index (χ3n) is 13.7. The fourth-order valence-corrected chi connectivity index (χ4v) is 9.12. The zero-order valence-corrected chi connectivity index (χ0v) is 45.9. The minimum Gasteiger partial charge on any atom is -0.462 e. The number of carbonyl (C=O) groups excluding carboxylic acids is 3. The molecule has 1 atom stereocenters. The average Bonchev–Trinajstić information content (AvgIpc) is 3.34. The summed E-state index contributed by atoms with van der Waals surface area (Å²) in [7, 11) is 0. The van der Waals surface area contributed by atoms with E-state index in [1.807, 2.05) is 0 Å². The highest BCUT2D eigenvalue weighted by atomic mass is 16.6. The lowest BCUT2D eigenvalue weighted by Crippen LogP contribution is -2.30. The molecule has 0 bridgehead atoms. The smallest absolute Gasteiger partial charge is 0.306 e. The van der Waals surface area contributed by atoms with Crippen LogP contribution < -0.4 is 0 Å². The van der Waals surface area contributed by atoms with Crippen LogP contribution in [0.1, 0.15) is 335 Å². The monoisotopic (exact) mass is 957 g/mol. The Morgan fingerprint density at radius 1 is 0.294 bits per heavy atom. The van der Waals surface area contributed by atoms with Crippen molar-refractivity contribution in [3.05, 3.63) is 24.3 Å². The first-order chi connectivity index (χ1) is 33.5. The van der Waals surface area contributed by atoms with Crippen molar-refractivity contribution in [1.29, 1.82) is 0 Å². The molecule has 0 rings (SSSR count). The van der Waals surface area contributed by atoms with Gasteiger partial charge < -0.3 is 14.2 Å². The van der Waals surface area contributed by atoms with Gasteiger partial charge in [-0.2, -0.15) is 0 Å². The molecule has 0 radical (unpaired) electrons. The maximum Gasteiger partial charge on any atom is 0.306 e. The van der Waals surface area contributed by atoms with E-state index >= 15 is 0 Å². The molecule has 0 saturated carbocycles. The number of ether oxygens (including phenoxy) is 3. The van der Waals surface area contributed by atoms with Crippen molar-refractivity contribution >= 4 is 17.9 Å². The predicted molar refractivity (Wildman–Crippen MR) is 293 cm³/mol. The van der Waals surface area contributed by atoms with Gasteiger partial charge in [0, 0.05) is 19.3 Å². The summed E-state index contributed by atoms with van der Waals surface area (Å²) in [6.45, 7) is 6.57. The second-order valence-electron chi connectivity index (χ2n) is 20.6. The molecule has 0 spiro atoms. The second-order valence-corrected chi connectivity index (χ2v) is 20.6. The van der Waals surface area contributed by atoms with Crippen molar-refractivity contribution in [3.63, 3.8) is 0 Å². The summed E-state index contributed by atoms with van der Waals surface area (Å²) in [5, 5.41) is 0. The van der Waals surface area contributed by atoms with Crippen LogP contribution in [0.25, 0.3) is 0 Å². The zero-order valence-electron chi connectivity index (χ0n) is 45.9. The molecule has 6 heteroatoms. The maximum absolute atomic E-state index is 12.7. The van der Waals surface area contributed by atoms with E-state index in [1.165, 1.54) is 225 Å². The van der Waals surface area contributed by atoms with E-state index < -0.39 is 6.10 Å². The van der Waals surface area contributed by atoms with E-state index in [9.17, 15) is 14.4 Å². The van der Waals surface area contributed by atoms with Gasteiger partial charge in [0.05, 0.1) is 0 Å². The standard InChI is InChI=1S/C62H116O6/c1-4-7-10-13-15-17-19-20-21-22-23-24-25-26-27-28-29-30-31-32-33-34-35-36-37-38-39-40-41-42-43-45-46-49-52-55-61(64)67-58-59(57-66-60(63)54-51-48-12-9-6-3)68-62(65)56-53-50-47-44-18-16-14-11-8-5-2/h19-20,22-23,59H,4-18,21,24-58H2,1-3H3/b20-19-,23-22-. The van der Waals surface area contributed by atoms with Gasteiger partial charge in [0.25, 0.3) is 0 Å². The largest absolute Gasteiger partial charge is 0.462 e. The van der Waals surface area contributed by atoms with Gasteiger partial charge in [-0.15, -0.1) is 0 Å². The number of esters is 3. The van der Waals surface area contributed by atoms with E-state index in [0.29, 0.717) is 19.3 Å². The Morgan fingerprint density at radius 2 is 0.529 bits per heavy atom. The lowest BCUT2D eigenvalue weighted by atomic mass is 10.0. The molecule has 0 aromatic rings. The van der Waals surface area contributed by atoms with Crippen molar-refractivity contribution < 1.29 is 28.6 Å². The van der Waals surface area contributed by atoms with E-state index in [0.717, 1.165) is 70.6 Å². The van der Waals surface area contributed by atoms with Gasteiger partial charge >= 0.3 is 17.9 Å². The highest BCUT2D eigenvalue weighted by Gasteiger charge is 2.19. The lowest BCUT2D eigenvalue weighted by molar-refractivity contribution is -0.167. The quantitative estimate of drug-likeness (QED) is 0.0262. The molecule has 0 aliphatic heterocycles. The Labute approximate surface area is 423 Å². The summed E-state index contributed by atoms with van der Waals surface area (Å²) in [5.74, 6) is -0.865. The third-order valence-corrected chi connectivity index (χ3v) is 13.7. The fourth-order valence-electron chi connectivity index (χ4n) is 9.12. The molecule has 6 nitrogen and oxygen atoms in total. The van der Waals surface area contributed by atoms with Gasteiger partial charge in [0.15, 0.2) is 6.10 Å². The molecule has 0 saturated heterocycles. The minimum absolute atomic E-state index is 0.0655. The molecular weight excluding hydrogens is 841 g/mol. The average molecular weight is 958 g/mol. The van der Waals surface area contributed by atoms with Gasteiger partial charge in [-0.25, -0.2) is 0 Å². The Morgan fingerprint density at radius 3 is 0.809 bits per heavy atom. The highest BCUT2D eigenvalue weighted by molar-refractivity contribution is 5.71. The van der Waals surface area contributed by atoms with Crippen molar-refractivity contribution in [3.8, 4) is 0 Å². The highest BCUT2D eigenvalue weighted by Crippen LogP contribution is 2.17. The van der Waals surface area contributed by atoms with E-state index in [2.05, 4.69) is 45.1 Å². The molecular formula is C62H116O6. The molecule has 0 aromatic carbocycles. The summed E-state index contributed by atoms with van der Waals surface area (Å²) >= 11 is 0. The summed E-state index contributed by atoms with van der Waals surface area (Å²) in [5.41, 5.74) is 0. The van der Waals surface area contributed by atoms with E-state index in [1.54, 1.807) is 0 Å². The van der Waals surface area contributed by atoms with Crippen LogP contribution in [-0.4, -0.2) is 37.2 Å². The van der Waals surface area contributed by atoms with Gasteiger partial charge in [0.1, 0.15) is 13.2 Å². The normalized spacial score (nSPS) is 12.1. The van der Waals surface area contributed by atoms with E-state index in [4.69, 9.17) is 14.2 Å². The van der Waals surface area contributed by atoms with Crippen molar-refractivity contribution in [1.82, 2.24) is 0 Å². The van der Waals surface area contributed by atoms with Crippen LogP contribution in [-0.2, 0) is 28.6 Å². The molecule has 0 N–H and O–H groups in total. The Kier molecular flexibility index (Phi) is 55.7.